The molecular formula is C6H12BrO3S-. The van der Waals surface area contributed by atoms with Gasteiger partial charge in [-0.3, -0.25) is 0 Å². The molecule has 0 rings (SSSR count). The zero-order chi connectivity index (χ0) is 8.53. The van der Waals surface area contributed by atoms with E-state index >= 15 is 0 Å². The van der Waals surface area contributed by atoms with Crippen molar-refractivity contribution in [2.75, 3.05) is 11.9 Å². The van der Waals surface area contributed by atoms with Crippen molar-refractivity contribution in [2.24, 2.45) is 0 Å². The van der Waals surface area contributed by atoms with Gasteiger partial charge in [0.05, 0.1) is 18.0 Å². The predicted octanol–water partition coefficient (Wildman–Crippen LogP) is 1.75. The monoisotopic (exact) mass is 243 g/mol. The zero-order valence-corrected chi connectivity index (χ0v) is 8.66. The molecule has 0 heterocycles. The minimum atomic E-state index is -2.33. The minimum absolute atomic E-state index is 0.318. The Labute approximate surface area is 78.1 Å². The summed E-state index contributed by atoms with van der Waals surface area (Å²) in [7, 11) is 0. The van der Waals surface area contributed by atoms with E-state index < -0.39 is 11.4 Å². The Kier molecular flexibility index (Phi) is 9.08. The van der Waals surface area contributed by atoms with Crippen molar-refractivity contribution in [3.63, 3.8) is 0 Å². The Hall–Kier alpha value is 0.550. The summed E-state index contributed by atoms with van der Waals surface area (Å²) in [4.78, 5) is 0. The Balaban J connectivity index is 2.85. The van der Waals surface area contributed by atoms with Crippen LogP contribution >= 0.6 is 15.9 Å². The molecule has 0 aliphatic carbocycles. The summed E-state index contributed by atoms with van der Waals surface area (Å²) >= 11 is 0.980. The second-order valence-corrected chi connectivity index (χ2v) is 3.57. The topological polar surface area (TPSA) is 49.4 Å². The van der Waals surface area contributed by atoms with Crippen molar-refractivity contribution in [1.82, 2.24) is 0 Å². The molecule has 0 N–H and O–H groups in total. The van der Waals surface area contributed by atoms with E-state index in [1.807, 2.05) is 0 Å². The fraction of sp³-hybridized carbons (Fsp3) is 1.00. The van der Waals surface area contributed by atoms with E-state index in [-0.39, 0.29) is 0 Å². The van der Waals surface area contributed by atoms with Crippen LogP contribution in [-0.4, -0.2) is 20.7 Å². The van der Waals surface area contributed by atoms with Gasteiger partial charge in [-0.2, -0.15) is 0 Å². The molecule has 0 aromatic carbocycles. The lowest BCUT2D eigenvalue weighted by molar-refractivity contribution is 0.291. The summed E-state index contributed by atoms with van der Waals surface area (Å²) in [5.74, 6) is 0. The average Bonchev–Trinajstić information content (AvgIpc) is 1.96. The highest BCUT2D eigenvalue weighted by atomic mass is 79.9. The zero-order valence-electron chi connectivity index (χ0n) is 6.25. The van der Waals surface area contributed by atoms with Crippen LogP contribution in [0.15, 0.2) is 0 Å². The third kappa shape index (κ3) is 10.6. The predicted molar refractivity (Wildman–Crippen MR) is 47.1 cm³/mol. The lowest BCUT2D eigenvalue weighted by atomic mass is 10.2. The molecule has 0 aromatic heterocycles. The maximum Gasteiger partial charge on any atom is 0.0842 e. The van der Waals surface area contributed by atoms with Crippen LogP contribution in [0.2, 0.25) is 0 Å². The molecule has 0 aliphatic heterocycles. The summed E-state index contributed by atoms with van der Waals surface area (Å²) in [6.45, 7) is 0.318. The molecule has 0 saturated carbocycles. The van der Waals surface area contributed by atoms with E-state index in [1.165, 1.54) is 0 Å². The number of rotatable bonds is 7. The summed E-state index contributed by atoms with van der Waals surface area (Å²) in [6.07, 6.45) is 4.12. The lowest BCUT2D eigenvalue weighted by Gasteiger charge is -2.04. The quantitative estimate of drug-likeness (QED) is 0.389. The number of alkyl halides is 1. The van der Waals surface area contributed by atoms with Crippen molar-refractivity contribution in [1.29, 1.82) is 0 Å². The SMILES string of the molecule is O=S([O-])OCCCCCCBr. The summed E-state index contributed by atoms with van der Waals surface area (Å²) in [6, 6.07) is 0. The maximum atomic E-state index is 9.86. The standard InChI is InChI=1S/C6H13BrO3S/c7-5-3-1-2-4-6-10-11(8)9/h1-6H2,(H,8,9)/p-1. The summed E-state index contributed by atoms with van der Waals surface area (Å²) in [5.41, 5.74) is 0. The van der Waals surface area contributed by atoms with Crippen LogP contribution in [0, 0.1) is 0 Å². The molecule has 0 aromatic rings. The van der Waals surface area contributed by atoms with Crippen LogP contribution in [0.4, 0.5) is 0 Å². The molecule has 0 aliphatic rings. The van der Waals surface area contributed by atoms with Gasteiger partial charge in [-0.1, -0.05) is 28.8 Å². The highest BCUT2D eigenvalue weighted by molar-refractivity contribution is 9.09. The summed E-state index contributed by atoms with van der Waals surface area (Å²) in [5, 5.41) is 1.02. The Morgan fingerprint density at radius 1 is 1.27 bits per heavy atom. The normalized spacial score (nSPS) is 13.3. The van der Waals surface area contributed by atoms with E-state index in [0.29, 0.717) is 6.61 Å². The molecule has 5 heteroatoms. The first-order chi connectivity index (χ1) is 5.27. The van der Waals surface area contributed by atoms with Crippen LogP contribution < -0.4 is 0 Å². The van der Waals surface area contributed by atoms with Crippen LogP contribution in [0.1, 0.15) is 25.7 Å². The lowest BCUT2D eigenvalue weighted by Crippen LogP contribution is -1.97. The second-order valence-electron chi connectivity index (χ2n) is 2.13. The Bertz CT molecular complexity index is 110. The second kappa shape index (κ2) is 8.64. The first-order valence-electron chi connectivity index (χ1n) is 3.56. The molecule has 0 amide bonds. The largest absolute Gasteiger partial charge is 0.750 e. The van der Waals surface area contributed by atoms with Gasteiger partial charge in [-0.05, 0) is 12.8 Å². The Morgan fingerprint density at radius 2 is 1.91 bits per heavy atom. The first kappa shape index (κ1) is 11.6. The van der Waals surface area contributed by atoms with Gasteiger partial charge >= 0.3 is 0 Å². The molecule has 3 nitrogen and oxygen atoms in total. The highest BCUT2D eigenvalue weighted by Crippen LogP contribution is 2.02. The van der Waals surface area contributed by atoms with Gasteiger partial charge in [-0.25, -0.2) is 4.21 Å². The smallest absolute Gasteiger partial charge is 0.0842 e. The molecule has 11 heavy (non-hydrogen) atoms. The van der Waals surface area contributed by atoms with E-state index in [1.54, 1.807) is 0 Å². The van der Waals surface area contributed by atoms with Gasteiger partial charge in [0, 0.05) is 5.33 Å². The average molecular weight is 244 g/mol. The van der Waals surface area contributed by atoms with Gasteiger partial charge in [-0.15, -0.1) is 0 Å². The van der Waals surface area contributed by atoms with Crippen LogP contribution in [-0.2, 0) is 15.5 Å². The van der Waals surface area contributed by atoms with Crippen molar-refractivity contribution >= 4 is 27.3 Å². The molecule has 0 radical (unpaired) electrons. The highest BCUT2D eigenvalue weighted by Gasteiger charge is 1.89. The number of unbranched alkanes of at least 4 members (excludes halogenated alkanes) is 3. The van der Waals surface area contributed by atoms with Gasteiger partial charge in [0.2, 0.25) is 0 Å². The van der Waals surface area contributed by atoms with Gasteiger partial charge in [0.15, 0.2) is 0 Å². The van der Waals surface area contributed by atoms with Crippen LogP contribution in [0.5, 0.6) is 0 Å². The van der Waals surface area contributed by atoms with Crippen LogP contribution in [0.3, 0.4) is 0 Å². The van der Waals surface area contributed by atoms with E-state index in [2.05, 4.69) is 20.1 Å². The van der Waals surface area contributed by atoms with Crippen molar-refractivity contribution in [2.45, 2.75) is 25.7 Å². The number of hydrogen-bond donors (Lipinski definition) is 0. The molecule has 0 saturated heterocycles. The van der Waals surface area contributed by atoms with Crippen molar-refractivity contribution in [3.8, 4) is 0 Å². The maximum absolute atomic E-state index is 9.86. The van der Waals surface area contributed by atoms with Gasteiger partial charge in [0.25, 0.3) is 0 Å². The fourth-order valence-electron chi connectivity index (χ4n) is 0.677. The minimum Gasteiger partial charge on any atom is -0.750 e. The molecule has 0 spiro atoms. The molecular weight excluding hydrogens is 232 g/mol. The fourth-order valence-corrected chi connectivity index (χ4v) is 1.33. The summed E-state index contributed by atoms with van der Waals surface area (Å²) < 4.78 is 24.0. The molecule has 68 valence electrons. The van der Waals surface area contributed by atoms with Gasteiger partial charge in [0.1, 0.15) is 0 Å². The van der Waals surface area contributed by atoms with Crippen molar-refractivity contribution < 1.29 is 12.9 Å². The van der Waals surface area contributed by atoms with E-state index in [4.69, 9.17) is 0 Å². The van der Waals surface area contributed by atoms with Crippen molar-refractivity contribution in [3.05, 3.63) is 0 Å². The molecule has 0 bridgehead atoms. The number of halogens is 1. The Morgan fingerprint density at radius 3 is 2.45 bits per heavy atom. The van der Waals surface area contributed by atoms with E-state index in [9.17, 15) is 8.76 Å². The van der Waals surface area contributed by atoms with Crippen LogP contribution in [0.25, 0.3) is 0 Å². The molecule has 1 unspecified atom stereocenters. The van der Waals surface area contributed by atoms with Gasteiger partial charge < -0.3 is 8.74 Å². The first-order valence-corrected chi connectivity index (χ1v) is 5.68. The third-order valence-electron chi connectivity index (χ3n) is 1.21. The number of hydrogen-bond acceptors (Lipinski definition) is 3. The molecule has 0 fully saturated rings. The molecule has 1 atom stereocenters. The van der Waals surface area contributed by atoms with E-state index in [0.717, 1.165) is 31.0 Å². The third-order valence-corrected chi connectivity index (χ3v) is 2.13.